The molecule has 1 aliphatic heterocycles. The van der Waals surface area contributed by atoms with Crippen molar-refractivity contribution in [2.75, 3.05) is 33.7 Å². The number of piperazine rings is 1. The standard InChI is InChI=1S/C18H27N3O/c1-14-5-4-6-15(11-14)18(7-8-18)19-17(22)12-16-13-20(2)9-10-21(16)3/h4-6,11,16H,7-10,12-13H2,1-3H3,(H,19,22)/t16-/m0/s1. The van der Waals surface area contributed by atoms with E-state index in [0.29, 0.717) is 12.5 Å². The third-order valence-electron chi connectivity index (χ3n) is 5.10. The summed E-state index contributed by atoms with van der Waals surface area (Å²) in [4.78, 5) is 17.1. The molecule has 22 heavy (non-hydrogen) atoms. The number of benzene rings is 1. The summed E-state index contributed by atoms with van der Waals surface area (Å²) in [6.45, 7) is 5.20. The molecule has 1 heterocycles. The van der Waals surface area contributed by atoms with Gasteiger partial charge in [0.05, 0.1) is 5.54 Å². The van der Waals surface area contributed by atoms with Crippen molar-refractivity contribution in [2.45, 2.75) is 37.8 Å². The number of nitrogens with one attached hydrogen (secondary N) is 1. The minimum atomic E-state index is -0.0950. The van der Waals surface area contributed by atoms with Crippen LogP contribution in [0.25, 0.3) is 0 Å². The average Bonchev–Trinajstić information content (AvgIpc) is 3.24. The van der Waals surface area contributed by atoms with Crippen molar-refractivity contribution < 1.29 is 4.79 Å². The number of likely N-dealkylation sites (N-methyl/N-ethyl adjacent to an activating group) is 2. The Kier molecular flexibility index (Phi) is 4.24. The van der Waals surface area contributed by atoms with Crippen LogP contribution in [0, 0.1) is 6.92 Å². The summed E-state index contributed by atoms with van der Waals surface area (Å²) in [5.41, 5.74) is 2.42. The monoisotopic (exact) mass is 301 g/mol. The fraction of sp³-hybridized carbons (Fsp3) is 0.611. The molecule has 3 rings (SSSR count). The maximum atomic E-state index is 12.5. The first-order valence-electron chi connectivity index (χ1n) is 8.25. The summed E-state index contributed by atoms with van der Waals surface area (Å²) < 4.78 is 0. The molecule has 1 N–H and O–H groups in total. The topological polar surface area (TPSA) is 35.6 Å². The first-order chi connectivity index (χ1) is 10.5. The average molecular weight is 301 g/mol. The number of carbonyl (C=O) groups is 1. The molecule has 0 spiro atoms. The highest BCUT2D eigenvalue weighted by atomic mass is 16.1. The first-order valence-corrected chi connectivity index (χ1v) is 8.25. The summed E-state index contributed by atoms with van der Waals surface area (Å²) in [7, 11) is 4.26. The minimum absolute atomic E-state index is 0.0950. The van der Waals surface area contributed by atoms with Gasteiger partial charge in [-0.15, -0.1) is 0 Å². The van der Waals surface area contributed by atoms with E-state index in [1.165, 1.54) is 11.1 Å². The summed E-state index contributed by atoms with van der Waals surface area (Å²) in [5, 5.41) is 3.31. The van der Waals surface area contributed by atoms with Gasteiger partial charge in [-0.1, -0.05) is 29.8 Å². The summed E-state index contributed by atoms with van der Waals surface area (Å²) in [6, 6.07) is 8.86. The highest BCUT2D eigenvalue weighted by Gasteiger charge is 2.45. The minimum Gasteiger partial charge on any atom is -0.347 e. The van der Waals surface area contributed by atoms with E-state index >= 15 is 0 Å². The molecule has 0 bridgehead atoms. The number of rotatable bonds is 4. The summed E-state index contributed by atoms with van der Waals surface area (Å²) in [6.07, 6.45) is 2.71. The Morgan fingerprint density at radius 1 is 1.32 bits per heavy atom. The summed E-state index contributed by atoms with van der Waals surface area (Å²) >= 11 is 0. The van der Waals surface area contributed by atoms with Gasteiger partial charge in [0.25, 0.3) is 0 Å². The Bertz CT molecular complexity index is 553. The fourth-order valence-electron chi connectivity index (χ4n) is 3.41. The van der Waals surface area contributed by atoms with Crippen LogP contribution >= 0.6 is 0 Å². The van der Waals surface area contributed by atoms with E-state index in [-0.39, 0.29) is 11.4 Å². The molecule has 2 aliphatic rings. The molecule has 1 saturated heterocycles. The van der Waals surface area contributed by atoms with Gasteiger partial charge in [0.15, 0.2) is 0 Å². The number of aryl methyl sites for hydroxylation is 1. The molecule has 0 unspecified atom stereocenters. The van der Waals surface area contributed by atoms with Gasteiger partial charge in [-0.25, -0.2) is 0 Å². The lowest BCUT2D eigenvalue weighted by Gasteiger charge is -2.37. The van der Waals surface area contributed by atoms with Crippen molar-refractivity contribution in [1.82, 2.24) is 15.1 Å². The lowest BCUT2D eigenvalue weighted by molar-refractivity contribution is -0.123. The highest BCUT2D eigenvalue weighted by Crippen LogP contribution is 2.45. The Hall–Kier alpha value is -1.39. The number of nitrogens with zero attached hydrogens (tertiary/aromatic N) is 2. The number of hydrogen-bond acceptors (Lipinski definition) is 3. The zero-order valence-electron chi connectivity index (χ0n) is 13.9. The molecule has 4 nitrogen and oxygen atoms in total. The van der Waals surface area contributed by atoms with Crippen LogP contribution < -0.4 is 5.32 Å². The molecule has 1 amide bonds. The van der Waals surface area contributed by atoms with Crippen molar-refractivity contribution >= 4 is 5.91 Å². The SMILES string of the molecule is Cc1cccc(C2(NC(=O)C[C@H]3CN(C)CCN3C)CC2)c1. The molecule has 0 radical (unpaired) electrons. The van der Waals surface area contributed by atoms with Crippen molar-refractivity contribution in [2.24, 2.45) is 0 Å². The number of amides is 1. The van der Waals surface area contributed by atoms with Crippen LogP contribution in [-0.2, 0) is 10.3 Å². The molecule has 0 aromatic heterocycles. The Balaban J connectivity index is 1.62. The normalized spacial score (nSPS) is 25.0. The molecule has 1 atom stereocenters. The summed E-state index contributed by atoms with van der Waals surface area (Å²) in [5.74, 6) is 0.186. The largest absolute Gasteiger partial charge is 0.347 e. The van der Waals surface area contributed by atoms with Crippen LogP contribution in [0.2, 0.25) is 0 Å². The van der Waals surface area contributed by atoms with E-state index in [2.05, 4.69) is 60.4 Å². The first kappa shape index (κ1) is 15.5. The van der Waals surface area contributed by atoms with Crippen LogP contribution in [0.15, 0.2) is 24.3 Å². The molecule has 4 heteroatoms. The van der Waals surface area contributed by atoms with E-state index in [1.807, 2.05) is 0 Å². The lowest BCUT2D eigenvalue weighted by atomic mass is 10.0. The van der Waals surface area contributed by atoms with Gasteiger partial charge >= 0.3 is 0 Å². The smallest absolute Gasteiger partial charge is 0.222 e. The molecular weight excluding hydrogens is 274 g/mol. The molecule has 120 valence electrons. The predicted molar refractivity (Wildman–Crippen MR) is 88.8 cm³/mol. The van der Waals surface area contributed by atoms with E-state index in [1.54, 1.807) is 0 Å². The Morgan fingerprint density at radius 2 is 2.09 bits per heavy atom. The van der Waals surface area contributed by atoms with Gasteiger partial charge in [0, 0.05) is 32.1 Å². The van der Waals surface area contributed by atoms with Crippen molar-refractivity contribution in [3.8, 4) is 0 Å². The second-order valence-corrected chi connectivity index (χ2v) is 7.10. The van der Waals surface area contributed by atoms with Gasteiger partial charge in [-0.2, -0.15) is 0 Å². The van der Waals surface area contributed by atoms with E-state index < -0.39 is 0 Å². The van der Waals surface area contributed by atoms with Gasteiger partial charge in [-0.05, 0) is 39.4 Å². The molecule has 2 fully saturated rings. The van der Waals surface area contributed by atoms with Crippen LogP contribution in [0.4, 0.5) is 0 Å². The van der Waals surface area contributed by atoms with E-state index in [9.17, 15) is 4.79 Å². The van der Waals surface area contributed by atoms with Gasteiger partial charge in [-0.3, -0.25) is 4.79 Å². The van der Waals surface area contributed by atoms with Gasteiger partial charge < -0.3 is 15.1 Å². The molecule has 1 aliphatic carbocycles. The van der Waals surface area contributed by atoms with E-state index in [4.69, 9.17) is 0 Å². The zero-order chi connectivity index (χ0) is 15.7. The number of carbonyl (C=O) groups excluding carboxylic acids is 1. The molecular formula is C18H27N3O. The highest BCUT2D eigenvalue weighted by molar-refractivity contribution is 5.78. The second-order valence-electron chi connectivity index (χ2n) is 7.10. The van der Waals surface area contributed by atoms with Gasteiger partial charge in [0.1, 0.15) is 0 Å². The van der Waals surface area contributed by atoms with Crippen LogP contribution in [0.3, 0.4) is 0 Å². The molecule has 1 aromatic carbocycles. The maximum absolute atomic E-state index is 12.5. The Labute approximate surface area is 133 Å². The fourth-order valence-corrected chi connectivity index (χ4v) is 3.41. The van der Waals surface area contributed by atoms with Crippen molar-refractivity contribution in [3.05, 3.63) is 35.4 Å². The predicted octanol–water partition coefficient (Wildman–Crippen LogP) is 1.74. The van der Waals surface area contributed by atoms with Crippen LogP contribution in [0.1, 0.15) is 30.4 Å². The third-order valence-corrected chi connectivity index (χ3v) is 5.10. The van der Waals surface area contributed by atoms with Crippen molar-refractivity contribution in [3.63, 3.8) is 0 Å². The van der Waals surface area contributed by atoms with Crippen LogP contribution in [0.5, 0.6) is 0 Å². The number of hydrogen-bond donors (Lipinski definition) is 1. The quantitative estimate of drug-likeness (QED) is 0.920. The molecule has 1 aromatic rings. The van der Waals surface area contributed by atoms with Crippen molar-refractivity contribution in [1.29, 1.82) is 0 Å². The van der Waals surface area contributed by atoms with E-state index in [0.717, 1.165) is 32.5 Å². The third kappa shape index (κ3) is 3.33. The second kappa shape index (κ2) is 6.01. The van der Waals surface area contributed by atoms with Gasteiger partial charge in [0.2, 0.25) is 5.91 Å². The van der Waals surface area contributed by atoms with Crippen LogP contribution in [-0.4, -0.2) is 55.5 Å². The molecule has 1 saturated carbocycles. The maximum Gasteiger partial charge on any atom is 0.222 e. The zero-order valence-corrected chi connectivity index (χ0v) is 13.9. The Morgan fingerprint density at radius 3 is 2.77 bits per heavy atom. The lowest BCUT2D eigenvalue weighted by Crippen LogP contribution is -2.52.